The van der Waals surface area contributed by atoms with E-state index in [9.17, 15) is 9.18 Å². The number of Topliss-reactive ketones (excluding diaryl/α,β-unsaturated/α-hetero) is 1. The Hall–Kier alpha value is -0.930. The highest BCUT2D eigenvalue weighted by Gasteiger charge is 2.09. The summed E-state index contributed by atoms with van der Waals surface area (Å²) in [6.45, 7) is 7.14. The monoisotopic (exact) mass is 287 g/mol. The lowest BCUT2D eigenvalue weighted by Crippen LogP contribution is -2.28. The SMILES string of the molecule is CCCN(CCC)CCC(=O)c1ccc(F)cc1.Cl. The van der Waals surface area contributed by atoms with E-state index in [0.717, 1.165) is 32.5 Å². The number of carbonyl (C=O) groups excluding carboxylic acids is 1. The fourth-order valence-electron chi connectivity index (χ4n) is 2.01. The normalized spacial score (nSPS) is 10.3. The summed E-state index contributed by atoms with van der Waals surface area (Å²) in [5.74, 6) is -0.211. The lowest BCUT2D eigenvalue weighted by atomic mass is 10.1. The molecule has 0 unspecified atom stereocenters. The van der Waals surface area contributed by atoms with Crippen LogP contribution in [0, 0.1) is 5.82 Å². The van der Waals surface area contributed by atoms with Crippen molar-refractivity contribution in [3.8, 4) is 0 Å². The zero-order valence-corrected chi connectivity index (χ0v) is 12.5. The van der Waals surface area contributed by atoms with Gasteiger partial charge in [0.05, 0.1) is 0 Å². The molecule has 0 saturated carbocycles. The molecule has 0 aromatic heterocycles. The molecule has 4 heteroatoms. The molecule has 0 bridgehead atoms. The zero-order valence-electron chi connectivity index (χ0n) is 11.7. The van der Waals surface area contributed by atoms with Crippen LogP contribution >= 0.6 is 12.4 Å². The van der Waals surface area contributed by atoms with Gasteiger partial charge in [-0.2, -0.15) is 0 Å². The van der Waals surface area contributed by atoms with Crippen molar-refractivity contribution >= 4 is 18.2 Å². The Morgan fingerprint density at radius 3 is 2.05 bits per heavy atom. The fourth-order valence-corrected chi connectivity index (χ4v) is 2.01. The second kappa shape index (κ2) is 9.93. The molecule has 0 aliphatic rings. The van der Waals surface area contributed by atoms with E-state index in [1.807, 2.05) is 0 Å². The Bertz CT molecular complexity index is 361. The van der Waals surface area contributed by atoms with E-state index < -0.39 is 0 Å². The van der Waals surface area contributed by atoms with Crippen molar-refractivity contribution in [2.75, 3.05) is 19.6 Å². The third-order valence-electron chi connectivity index (χ3n) is 2.90. The van der Waals surface area contributed by atoms with Crippen LogP contribution in [-0.2, 0) is 0 Å². The lowest BCUT2D eigenvalue weighted by molar-refractivity contribution is 0.0964. The van der Waals surface area contributed by atoms with E-state index in [0.29, 0.717) is 12.0 Å². The van der Waals surface area contributed by atoms with Crippen LogP contribution < -0.4 is 0 Å². The van der Waals surface area contributed by atoms with Gasteiger partial charge >= 0.3 is 0 Å². The first kappa shape index (κ1) is 18.1. The molecular formula is C15H23ClFNO. The van der Waals surface area contributed by atoms with Crippen LogP contribution in [0.4, 0.5) is 4.39 Å². The number of carbonyl (C=O) groups is 1. The first-order valence-electron chi connectivity index (χ1n) is 6.68. The molecule has 0 amide bonds. The Kier molecular flexibility index (Phi) is 9.44. The minimum Gasteiger partial charge on any atom is -0.303 e. The Morgan fingerprint density at radius 2 is 1.58 bits per heavy atom. The Morgan fingerprint density at radius 1 is 1.05 bits per heavy atom. The van der Waals surface area contributed by atoms with E-state index >= 15 is 0 Å². The van der Waals surface area contributed by atoms with E-state index in [4.69, 9.17) is 0 Å². The number of ketones is 1. The maximum absolute atomic E-state index is 12.7. The van der Waals surface area contributed by atoms with Gasteiger partial charge in [-0.3, -0.25) is 4.79 Å². The molecule has 1 rings (SSSR count). The molecule has 0 fully saturated rings. The van der Waals surface area contributed by atoms with Gasteiger partial charge in [-0.1, -0.05) is 13.8 Å². The summed E-state index contributed by atoms with van der Waals surface area (Å²) in [4.78, 5) is 14.2. The summed E-state index contributed by atoms with van der Waals surface area (Å²) < 4.78 is 12.7. The second-order valence-electron chi connectivity index (χ2n) is 4.52. The third-order valence-corrected chi connectivity index (χ3v) is 2.90. The molecule has 0 spiro atoms. The van der Waals surface area contributed by atoms with Crippen LogP contribution in [0.3, 0.4) is 0 Å². The Balaban J connectivity index is 0.00000324. The number of hydrogen-bond donors (Lipinski definition) is 0. The standard InChI is InChI=1S/C15H22FNO.ClH/c1-3-10-17(11-4-2)12-9-15(18)13-5-7-14(16)8-6-13;/h5-8H,3-4,9-12H2,1-2H3;1H. The maximum atomic E-state index is 12.7. The minimum absolute atomic E-state index is 0. The van der Waals surface area contributed by atoms with Crippen molar-refractivity contribution in [1.82, 2.24) is 4.90 Å². The van der Waals surface area contributed by atoms with Gasteiger partial charge in [0, 0.05) is 18.5 Å². The first-order valence-corrected chi connectivity index (χ1v) is 6.68. The summed E-state index contributed by atoms with van der Waals surface area (Å²) >= 11 is 0. The molecule has 19 heavy (non-hydrogen) atoms. The number of rotatable bonds is 8. The predicted octanol–water partition coefficient (Wildman–Crippen LogP) is 3.94. The molecule has 2 nitrogen and oxygen atoms in total. The highest BCUT2D eigenvalue weighted by atomic mass is 35.5. The topological polar surface area (TPSA) is 20.3 Å². The summed E-state index contributed by atoms with van der Waals surface area (Å²) in [5, 5.41) is 0. The maximum Gasteiger partial charge on any atom is 0.164 e. The molecule has 0 aliphatic carbocycles. The molecule has 0 atom stereocenters. The summed E-state index contributed by atoms with van der Waals surface area (Å²) in [6.07, 6.45) is 2.71. The molecule has 1 aromatic carbocycles. The first-order chi connectivity index (χ1) is 8.67. The summed E-state index contributed by atoms with van der Waals surface area (Å²) in [5.41, 5.74) is 0.601. The predicted molar refractivity (Wildman–Crippen MR) is 79.6 cm³/mol. The molecular weight excluding hydrogens is 265 g/mol. The molecule has 0 heterocycles. The van der Waals surface area contributed by atoms with E-state index in [1.54, 1.807) is 12.1 Å². The molecule has 0 N–H and O–H groups in total. The van der Waals surface area contributed by atoms with Crippen LogP contribution in [0.5, 0.6) is 0 Å². The van der Waals surface area contributed by atoms with E-state index in [-0.39, 0.29) is 24.0 Å². The highest BCUT2D eigenvalue weighted by molar-refractivity contribution is 5.96. The van der Waals surface area contributed by atoms with Crippen molar-refractivity contribution in [2.24, 2.45) is 0 Å². The Labute approximate surface area is 121 Å². The second-order valence-corrected chi connectivity index (χ2v) is 4.52. The van der Waals surface area contributed by atoms with Gasteiger partial charge in [-0.05, 0) is 50.2 Å². The van der Waals surface area contributed by atoms with Crippen LogP contribution in [0.25, 0.3) is 0 Å². The van der Waals surface area contributed by atoms with Crippen molar-refractivity contribution in [2.45, 2.75) is 33.1 Å². The number of hydrogen-bond acceptors (Lipinski definition) is 2. The van der Waals surface area contributed by atoms with Gasteiger partial charge in [0.1, 0.15) is 5.82 Å². The zero-order chi connectivity index (χ0) is 13.4. The van der Waals surface area contributed by atoms with Crippen molar-refractivity contribution in [1.29, 1.82) is 0 Å². The highest BCUT2D eigenvalue weighted by Crippen LogP contribution is 2.07. The summed E-state index contributed by atoms with van der Waals surface area (Å²) in [6, 6.07) is 5.79. The molecule has 1 aromatic rings. The van der Waals surface area contributed by atoms with Crippen LogP contribution in [-0.4, -0.2) is 30.3 Å². The fraction of sp³-hybridized carbons (Fsp3) is 0.533. The average Bonchev–Trinajstić information content (AvgIpc) is 2.37. The van der Waals surface area contributed by atoms with Gasteiger partial charge in [-0.15, -0.1) is 12.4 Å². The quantitative estimate of drug-likeness (QED) is 0.675. The molecule has 0 radical (unpaired) electrons. The van der Waals surface area contributed by atoms with E-state index in [2.05, 4.69) is 18.7 Å². The van der Waals surface area contributed by atoms with Gasteiger partial charge in [0.15, 0.2) is 5.78 Å². The van der Waals surface area contributed by atoms with Gasteiger partial charge < -0.3 is 4.90 Å². The number of benzene rings is 1. The van der Waals surface area contributed by atoms with Crippen molar-refractivity contribution < 1.29 is 9.18 Å². The number of nitrogens with zero attached hydrogens (tertiary/aromatic N) is 1. The van der Waals surface area contributed by atoms with Gasteiger partial charge in [0.2, 0.25) is 0 Å². The van der Waals surface area contributed by atoms with Gasteiger partial charge in [0.25, 0.3) is 0 Å². The van der Waals surface area contributed by atoms with Crippen LogP contribution in [0.1, 0.15) is 43.5 Å². The third kappa shape index (κ3) is 6.69. The molecule has 0 aliphatic heterocycles. The van der Waals surface area contributed by atoms with E-state index in [1.165, 1.54) is 12.1 Å². The van der Waals surface area contributed by atoms with Crippen LogP contribution in [0.15, 0.2) is 24.3 Å². The summed E-state index contributed by atoms with van der Waals surface area (Å²) in [7, 11) is 0. The number of halogens is 2. The molecule has 0 saturated heterocycles. The van der Waals surface area contributed by atoms with Crippen molar-refractivity contribution in [3.63, 3.8) is 0 Å². The minimum atomic E-state index is -0.301. The average molecular weight is 288 g/mol. The molecule has 108 valence electrons. The van der Waals surface area contributed by atoms with Crippen molar-refractivity contribution in [3.05, 3.63) is 35.6 Å². The smallest absolute Gasteiger partial charge is 0.164 e. The van der Waals surface area contributed by atoms with Crippen LogP contribution in [0.2, 0.25) is 0 Å². The lowest BCUT2D eigenvalue weighted by Gasteiger charge is -2.20. The van der Waals surface area contributed by atoms with Gasteiger partial charge in [-0.25, -0.2) is 4.39 Å². The largest absolute Gasteiger partial charge is 0.303 e.